The molecule has 1 rings (SSSR count). The normalized spacial score (nSPS) is 9.20. The third-order valence-electron chi connectivity index (χ3n) is 1.16. The van der Waals surface area contributed by atoms with Gasteiger partial charge in [0.05, 0.1) is 0 Å². The van der Waals surface area contributed by atoms with Gasteiger partial charge in [-0.2, -0.15) is 0 Å². The quantitative estimate of drug-likeness (QED) is 0.671. The van der Waals surface area contributed by atoms with E-state index < -0.39 is 0 Å². The molecule has 0 spiro atoms. The minimum absolute atomic E-state index is 0.647. The molecule has 0 saturated heterocycles. The van der Waals surface area contributed by atoms with Crippen LogP contribution in [-0.4, -0.2) is 5.07 Å². The summed E-state index contributed by atoms with van der Waals surface area (Å²) in [5, 5.41) is 1.58. The van der Waals surface area contributed by atoms with Crippen molar-refractivity contribution in [1.29, 1.82) is 0 Å². The van der Waals surface area contributed by atoms with Crippen LogP contribution < -0.4 is 0 Å². The first kappa shape index (κ1) is 7.69. The van der Waals surface area contributed by atoms with Crippen LogP contribution in [0.1, 0.15) is 5.56 Å². The van der Waals surface area contributed by atoms with Crippen molar-refractivity contribution in [3.8, 4) is 0 Å². The van der Waals surface area contributed by atoms with Gasteiger partial charge in [0.15, 0.2) is 0 Å². The van der Waals surface area contributed by atoms with Gasteiger partial charge in [-0.05, 0) is 0 Å². The van der Waals surface area contributed by atoms with Crippen LogP contribution in [0, 0.1) is 0 Å². The van der Waals surface area contributed by atoms with Gasteiger partial charge in [-0.3, -0.25) is 0 Å². The topological polar surface area (TPSA) is 9.23 Å². The summed E-state index contributed by atoms with van der Waals surface area (Å²) >= 11 is 2.67. The van der Waals surface area contributed by atoms with Crippen molar-refractivity contribution in [3.05, 3.63) is 35.9 Å². The average Bonchev–Trinajstić information content (AvgIpc) is 2.03. The molecule has 0 unspecified atom stereocenters. The summed E-state index contributed by atoms with van der Waals surface area (Å²) in [5.41, 5.74) is 1.19. The first-order valence-corrected chi connectivity index (χ1v) is 3.76. The van der Waals surface area contributed by atoms with Crippen LogP contribution in [0.2, 0.25) is 0 Å². The Bertz CT molecular complexity index is 196. The number of rotatable bonds is 3. The van der Waals surface area contributed by atoms with Crippen molar-refractivity contribution >= 4 is 5.07 Å². The minimum atomic E-state index is 0.647. The molecule has 0 aliphatic heterocycles. The molecule has 0 bridgehead atoms. The zero-order valence-corrected chi connectivity index (χ0v) is 6.76. The van der Waals surface area contributed by atoms with Crippen molar-refractivity contribution in [2.75, 3.05) is 0 Å². The van der Waals surface area contributed by atoms with E-state index in [1.807, 2.05) is 30.3 Å². The Morgan fingerprint density at radius 3 is 2.60 bits per heavy atom. The van der Waals surface area contributed by atoms with Gasteiger partial charge in [-0.25, -0.2) is 0 Å². The maximum absolute atomic E-state index is 5.04. The number of ether oxygens (including phenoxy) is 1. The molecule has 10 heavy (non-hydrogen) atoms. The van der Waals surface area contributed by atoms with Gasteiger partial charge >= 0.3 is 68.2 Å². The summed E-state index contributed by atoms with van der Waals surface area (Å²) in [6.07, 6.45) is 0. The first-order chi connectivity index (χ1) is 4.93. The molecule has 0 heterocycles. The zero-order valence-electron chi connectivity index (χ0n) is 5.49. The Balaban J connectivity index is 2.50. The molecule has 1 aromatic carbocycles. The van der Waals surface area contributed by atoms with Crippen molar-refractivity contribution < 1.29 is 20.6 Å². The van der Waals surface area contributed by atoms with Gasteiger partial charge in [0.2, 0.25) is 0 Å². The predicted octanol–water partition coefficient (Wildman–Crippen LogP) is 1.51. The summed E-state index contributed by atoms with van der Waals surface area (Å²) in [6, 6.07) is 10.1. The maximum atomic E-state index is 5.04. The van der Waals surface area contributed by atoms with E-state index in [-0.39, 0.29) is 0 Å². The third kappa shape index (κ3) is 2.45. The molecular weight excluding hydrogens is 164 g/mol. The van der Waals surface area contributed by atoms with Crippen LogP contribution in [0.3, 0.4) is 0 Å². The van der Waals surface area contributed by atoms with E-state index in [1.165, 1.54) is 5.56 Å². The van der Waals surface area contributed by atoms with Crippen LogP contribution in [0.4, 0.5) is 0 Å². The summed E-state index contributed by atoms with van der Waals surface area (Å²) in [4.78, 5) is 0. The van der Waals surface area contributed by atoms with Crippen molar-refractivity contribution in [2.24, 2.45) is 0 Å². The molecule has 0 N–H and O–H groups in total. The summed E-state index contributed by atoms with van der Waals surface area (Å²) in [7, 11) is 0. The zero-order chi connectivity index (χ0) is 7.23. The summed E-state index contributed by atoms with van der Waals surface area (Å²) in [5.74, 6) is 0. The fourth-order valence-electron chi connectivity index (χ4n) is 0.704. The van der Waals surface area contributed by atoms with E-state index in [1.54, 1.807) is 5.07 Å². The van der Waals surface area contributed by atoms with Gasteiger partial charge in [0.1, 0.15) is 0 Å². The molecule has 2 heteroatoms. The second-order valence-corrected chi connectivity index (χ2v) is 2.19. The molecule has 0 amide bonds. The molecule has 52 valence electrons. The third-order valence-corrected chi connectivity index (χ3v) is 1.37. The molecule has 0 aliphatic carbocycles. The van der Waals surface area contributed by atoms with Crippen molar-refractivity contribution in [2.45, 2.75) is 6.61 Å². The molecule has 0 atom stereocenters. The van der Waals surface area contributed by atoms with E-state index in [4.69, 9.17) is 4.74 Å². The Morgan fingerprint density at radius 1 is 1.30 bits per heavy atom. The van der Waals surface area contributed by atoms with Gasteiger partial charge in [0, 0.05) is 0 Å². The van der Waals surface area contributed by atoms with Gasteiger partial charge in [-0.15, -0.1) is 0 Å². The fraction of sp³-hybridized carbons (Fsp3) is 0.125. The van der Waals surface area contributed by atoms with Crippen molar-refractivity contribution in [1.82, 2.24) is 0 Å². The van der Waals surface area contributed by atoms with Crippen LogP contribution in [0.5, 0.6) is 0 Å². The van der Waals surface area contributed by atoms with E-state index in [0.29, 0.717) is 6.61 Å². The van der Waals surface area contributed by atoms with E-state index in [9.17, 15) is 0 Å². The number of benzene rings is 1. The molecule has 1 aromatic rings. The second kappa shape index (κ2) is 4.41. The van der Waals surface area contributed by atoms with Gasteiger partial charge in [0.25, 0.3) is 0 Å². The average molecular weight is 172 g/mol. The molecule has 0 fully saturated rings. The number of hydrogen-bond donors (Lipinski definition) is 0. The SMILES string of the molecule is [Cr]=[CH]OCc1ccccc1. The van der Waals surface area contributed by atoms with Crippen molar-refractivity contribution in [3.63, 3.8) is 0 Å². The first-order valence-electron chi connectivity index (χ1n) is 3.02. The molecular formula is C8H8CrO. The van der Waals surface area contributed by atoms with Crippen LogP contribution in [-0.2, 0) is 27.2 Å². The molecule has 1 nitrogen and oxygen atoms in total. The van der Waals surface area contributed by atoms with Crippen LogP contribution in [0.15, 0.2) is 30.3 Å². The van der Waals surface area contributed by atoms with Crippen LogP contribution >= 0.6 is 0 Å². The van der Waals surface area contributed by atoms with Crippen LogP contribution in [0.25, 0.3) is 0 Å². The summed E-state index contributed by atoms with van der Waals surface area (Å²) in [6.45, 7) is 0.647. The Labute approximate surface area is 68.6 Å². The predicted molar refractivity (Wildman–Crippen MR) is 37.3 cm³/mol. The Kier molecular flexibility index (Phi) is 3.39. The van der Waals surface area contributed by atoms with Gasteiger partial charge < -0.3 is 0 Å². The molecule has 0 saturated carbocycles. The van der Waals surface area contributed by atoms with E-state index in [0.717, 1.165) is 0 Å². The van der Waals surface area contributed by atoms with E-state index >= 15 is 0 Å². The Hall–Kier alpha value is -0.418. The van der Waals surface area contributed by atoms with E-state index in [2.05, 4.69) is 15.9 Å². The summed E-state index contributed by atoms with van der Waals surface area (Å²) < 4.78 is 5.04. The second-order valence-electron chi connectivity index (χ2n) is 1.89. The number of hydrogen-bond acceptors (Lipinski definition) is 1. The monoisotopic (exact) mass is 172 g/mol. The Morgan fingerprint density at radius 2 is 2.00 bits per heavy atom. The molecule has 0 aliphatic rings. The van der Waals surface area contributed by atoms with Gasteiger partial charge in [-0.1, -0.05) is 0 Å². The molecule has 0 radical (unpaired) electrons. The molecule has 0 aromatic heterocycles. The fourth-order valence-corrected chi connectivity index (χ4v) is 0.811. The standard InChI is InChI=1S/C8H8O.Cr/c1-9-7-8-5-3-2-4-6-8;/h1-6H,7H2;.